The fraction of sp³-hybridized carbons (Fsp3) is 0.667. The van der Waals surface area contributed by atoms with E-state index in [1.807, 2.05) is 12.4 Å². The molecular weight excluding hydrogens is 222 g/mol. The zero-order chi connectivity index (χ0) is 13.0. The van der Waals surface area contributed by atoms with Crippen LogP contribution in [0.2, 0.25) is 0 Å². The van der Waals surface area contributed by atoms with E-state index in [1.165, 1.54) is 43.6 Å². The van der Waals surface area contributed by atoms with Gasteiger partial charge in [-0.15, -0.1) is 0 Å². The van der Waals surface area contributed by atoms with Crippen molar-refractivity contribution >= 4 is 5.69 Å². The molecule has 0 amide bonds. The van der Waals surface area contributed by atoms with Gasteiger partial charge in [-0.3, -0.25) is 4.98 Å². The number of likely N-dealkylation sites (tertiary alicyclic amines) is 1. The molecule has 2 heterocycles. The molecule has 1 aliphatic heterocycles. The van der Waals surface area contributed by atoms with Crippen LogP contribution in [0, 0.1) is 6.92 Å². The van der Waals surface area contributed by atoms with E-state index in [-0.39, 0.29) is 0 Å². The Morgan fingerprint density at radius 1 is 1.33 bits per heavy atom. The van der Waals surface area contributed by atoms with Crippen molar-refractivity contribution in [1.82, 2.24) is 9.88 Å². The molecule has 1 atom stereocenters. The van der Waals surface area contributed by atoms with E-state index in [0.717, 1.165) is 0 Å². The Morgan fingerprint density at radius 2 is 2.17 bits per heavy atom. The van der Waals surface area contributed by atoms with Gasteiger partial charge in [0.25, 0.3) is 0 Å². The molecule has 1 N–H and O–H groups in total. The van der Waals surface area contributed by atoms with Crippen LogP contribution in [0.4, 0.5) is 5.69 Å². The second-order valence-corrected chi connectivity index (χ2v) is 5.59. The first-order valence-electron chi connectivity index (χ1n) is 7.08. The highest BCUT2D eigenvalue weighted by Gasteiger charge is 2.18. The van der Waals surface area contributed by atoms with Gasteiger partial charge in [-0.1, -0.05) is 0 Å². The molecule has 0 bridgehead atoms. The lowest BCUT2D eigenvalue weighted by Crippen LogP contribution is -2.32. The number of nitrogens with zero attached hydrogens (tertiary/aromatic N) is 2. The number of anilines is 1. The highest BCUT2D eigenvalue weighted by atomic mass is 15.1. The van der Waals surface area contributed by atoms with Gasteiger partial charge in [-0.05, 0) is 58.2 Å². The minimum Gasteiger partial charge on any atom is -0.381 e. The van der Waals surface area contributed by atoms with Crippen LogP contribution in [0.15, 0.2) is 18.5 Å². The second-order valence-electron chi connectivity index (χ2n) is 5.59. The van der Waals surface area contributed by atoms with E-state index in [4.69, 9.17) is 0 Å². The molecule has 1 aromatic heterocycles. The van der Waals surface area contributed by atoms with Crippen molar-refractivity contribution in [2.24, 2.45) is 0 Å². The second kappa shape index (κ2) is 6.19. The topological polar surface area (TPSA) is 28.2 Å². The SMILES string of the molecule is Cc1ccncc1NC1CCCN(C(C)C)CC1. The first-order chi connectivity index (χ1) is 8.66. The van der Waals surface area contributed by atoms with Crippen molar-refractivity contribution in [2.45, 2.75) is 52.1 Å². The van der Waals surface area contributed by atoms with Gasteiger partial charge in [0.05, 0.1) is 11.9 Å². The van der Waals surface area contributed by atoms with E-state index in [2.05, 4.69) is 42.0 Å². The van der Waals surface area contributed by atoms with Crippen molar-refractivity contribution in [3.63, 3.8) is 0 Å². The van der Waals surface area contributed by atoms with Crippen LogP contribution in [-0.2, 0) is 0 Å². The Kier molecular flexibility index (Phi) is 4.59. The number of rotatable bonds is 3. The van der Waals surface area contributed by atoms with Crippen LogP contribution in [0.1, 0.15) is 38.7 Å². The summed E-state index contributed by atoms with van der Waals surface area (Å²) in [5, 5.41) is 3.66. The van der Waals surface area contributed by atoms with Crippen molar-refractivity contribution in [3.05, 3.63) is 24.0 Å². The molecule has 3 nitrogen and oxygen atoms in total. The van der Waals surface area contributed by atoms with Gasteiger partial charge in [0, 0.05) is 24.8 Å². The predicted octanol–water partition coefficient (Wildman–Crippen LogP) is 3.06. The molecule has 1 unspecified atom stereocenters. The van der Waals surface area contributed by atoms with E-state index in [9.17, 15) is 0 Å². The van der Waals surface area contributed by atoms with Gasteiger partial charge in [0.1, 0.15) is 0 Å². The molecule has 0 aliphatic carbocycles. The van der Waals surface area contributed by atoms with Crippen LogP contribution in [0.5, 0.6) is 0 Å². The summed E-state index contributed by atoms with van der Waals surface area (Å²) in [6.45, 7) is 9.16. The van der Waals surface area contributed by atoms with Crippen LogP contribution in [0.3, 0.4) is 0 Å². The van der Waals surface area contributed by atoms with Crippen molar-refractivity contribution in [1.29, 1.82) is 0 Å². The summed E-state index contributed by atoms with van der Waals surface area (Å²) in [7, 11) is 0. The lowest BCUT2D eigenvalue weighted by molar-refractivity contribution is 0.230. The van der Waals surface area contributed by atoms with E-state index in [0.29, 0.717) is 12.1 Å². The quantitative estimate of drug-likeness (QED) is 0.889. The minimum absolute atomic E-state index is 0.594. The first kappa shape index (κ1) is 13.3. The zero-order valence-corrected chi connectivity index (χ0v) is 11.8. The average Bonchev–Trinajstić information content (AvgIpc) is 2.58. The van der Waals surface area contributed by atoms with Crippen molar-refractivity contribution in [3.8, 4) is 0 Å². The maximum absolute atomic E-state index is 4.20. The van der Waals surface area contributed by atoms with E-state index >= 15 is 0 Å². The molecule has 1 fully saturated rings. The molecule has 100 valence electrons. The van der Waals surface area contributed by atoms with Crippen LogP contribution in [0.25, 0.3) is 0 Å². The van der Waals surface area contributed by atoms with Crippen LogP contribution >= 0.6 is 0 Å². The average molecular weight is 247 g/mol. The molecule has 0 saturated carbocycles. The molecule has 0 aromatic carbocycles. The molecule has 0 radical (unpaired) electrons. The third-order valence-corrected chi connectivity index (χ3v) is 3.89. The summed E-state index contributed by atoms with van der Waals surface area (Å²) < 4.78 is 0. The standard InChI is InChI=1S/C15H25N3/c1-12(2)18-9-4-5-14(7-10-18)17-15-11-16-8-6-13(15)3/h6,8,11-12,14,17H,4-5,7,9-10H2,1-3H3. The minimum atomic E-state index is 0.594. The summed E-state index contributed by atoms with van der Waals surface area (Å²) in [6.07, 6.45) is 7.58. The maximum atomic E-state index is 4.20. The largest absolute Gasteiger partial charge is 0.381 e. The summed E-state index contributed by atoms with van der Waals surface area (Å²) in [6, 6.07) is 3.33. The Hall–Kier alpha value is -1.09. The highest BCUT2D eigenvalue weighted by Crippen LogP contribution is 2.19. The van der Waals surface area contributed by atoms with E-state index in [1.54, 1.807) is 0 Å². The van der Waals surface area contributed by atoms with Crippen LogP contribution in [-0.4, -0.2) is 35.1 Å². The summed E-state index contributed by atoms with van der Waals surface area (Å²) in [4.78, 5) is 6.79. The number of aryl methyl sites for hydroxylation is 1. The van der Waals surface area contributed by atoms with Gasteiger partial charge >= 0.3 is 0 Å². The molecule has 3 heteroatoms. The lowest BCUT2D eigenvalue weighted by Gasteiger charge is -2.24. The zero-order valence-electron chi connectivity index (χ0n) is 11.8. The number of pyridine rings is 1. The van der Waals surface area contributed by atoms with Gasteiger partial charge < -0.3 is 10.2 Å². The van der Waals surface area contributed by atoms with Crippen molar-refractivity contribution in [2.75, 3.05) is 18.4 Å². The van der Waals surface area contributed by atoms with Crippen LogP contribution < -0.4 is 5.32 Å². The fourth-order valence-electron chi connectivity index (χ4n) is 2.61. The third-order valence-electron chi connectivity index (χ3n) is 3.89. The summed E-state index contributed by atoms with van der Waals surface area (Å²) in [5.41, 5.74) is 2.48. The number of hydrogen-bond acceptors (Lipinski definition) is 3. The maximum Gasteiger partial charge on any atom is 0.0558 e. The third kappa shape index (κ3) is 3.45. The Bertz CT molecular complexity index is 376. The van der Waals surface area contributed by atoms with E-state index < -0.39 is 0 Å². The molecule has 0 spiro atoms. The predicted molar refractivity (Wildman–Crippen MR) is 76.9 cm³/mol. The summed E-state index contributed by atoms with van der Waals surface area (Å²) >= 11 is 0. The Morgan fingerprint density at radius 3 is 2.89 bits per heavy atom. The highest BCUT2D eigenvalue weighted by molar-refractivity contribution is 5.48. The fourth-order valence-corrected chi connectivity index (χ4v) is 2.61. The monoisotopic (exact) mass is 247 g/mol. The van der Waals surface area contributed by atoms with Gasteiger partial charge in [0.15, 0.2) is 0 Å². The van der Waals surface area contributed by atoms with Gasteiger partial charge in [-0.2, -0.15) is 0 Å². The van der Waals surface area contributed by atoms with Crippen molar-refractivity contribution < 1.29 is 0 Å². The first-order valence-corrected chi connectivity index (χ1v) is 7.08. The van der Waals surface area contributed by atoms with Gasteiger partial charge in [0.2, 0.25) is 0 Å². The Labute approximate surface area is 111 Å². The molecule has 1 aromatic rings. The number of nitrogens with one attached hydrogen (secondary N) is 1. The Balaban J connectivity index is 1.93. The number of aromatic nitrogens is 1. The molecule has 1 aliphatic rings. The molecule has 2 rings (SSSR count). The number of hydrogen-bond donors (Lipinski definition) is 1. The van der Waals surface area contributed by atoms with Gasteiger partial charge in [-0.25, -0.2) is 0 Å². The molecular formula is C15H25N3. The lowest BCUT2D eigenvalue weighted by atomic mass is 10.1. The summed E-state index contributed by atoms with van der Waals surface area (Å²) in [5.74, 6) is 0. The molecule has 1 saturated heterocycles. The normalized spacial score (nSPS) is 21.9. The molecule has 18 heavy (non-hydrogen) atoms. The smallest absolute Gasteiger partial charge is 0.0558 e.